The van der Waals surface area contributed by atoms with Crippen molar-refractivity contribution in [2.75, 3.05) is 13.7 Å². The van der Waals surface area contributed by atoms with Gasteiger partial charge in [-0.05, 0) is 38.6 Å². The van der Waals surface area contributed by atoms with Crippen molar-refractivity contribution in [2.24, 2.45) is 5.41 Å². The molecule has 5 heteroatoms. The van der Waals surface area contributed by atoms with Crippen molar-refractivity contribution in [3.05, 3.63) is 29.6 Å². The average Bonchev–Trinajstić information content (AvgIpc) is 2.26. The van der Waals surface area contributed by atoms with E-state index in [1.165, 1.54) is 12.1 Å². The molecule has 0 fully saturated rings. The number of nitrogens with one attached hydrogen (secondary N) is 1. The molecule has 4 nitrogen and oxygen atoms in total. The molecule has 0 radical (unpaired) electrons. The molecule has 0 saturated heterocycles. The van der Waals surface area contributed by atoms with Crippen molar-refractivity contribution >= 4 is 5.97 Å². The molecule has 0 spiro atoms. The molecule has 0 aliphatic heterocycles. The van der Waals surface area contributed by atoms with Crippen LogP contribution in [0.25, 0.3) is 0 Å². The lowest BCUT2D eigenvalue weighted by atomic mass is 9.95. The number of carbonyl (C=O) groups is 1. The Morgan fingerprint density at radius 1 is 1.44 bits per heavy atom. The van der Waals surface area contributed by atoms with E-state index in [1.807, 2.05) is 0 Å². The van der Waals surface area contributed by atoms with Gasteiger partial charge in [0.1, 0.15) is 18.2 Å². The second-order valence-corrected chi connectivity index (χ2v) is 4.80. The van der Waals surface area contributed by atoms with E-state index in [9.17, 15) is 9.18 Å². The number of halogens is 1. The Morgan fingerprint density at radius 3 is 2.67 bits per heavy atom. The molecule has 2 N–H and O–H groups in total. The highest BCUT2D eigenvalue weighted by Gasteiger charge is 2.28. The quantitative estimate of drug-likeness (QED) is 0.816. The van der Waals surface area contributed by atoms with Gasteiger partial charge in [-0.2, -0.15) is 0 Å². The zero-order valence-electron chi connectivity index (χ0n) is 10.8. The molecule has 0 bridgehead atoms. The summed E-state index contributed by atoms with van der Waals surface area (Å²) in [5.41, 5.74) is -0.254. The molecule has 0 unspecified atom stereocenters. The summed E-state index contributed by atoms with van der Waals surface area (Å²) in [6, 6.07) is 4.35. The Morgan fingerprint density at radius 2 is 2.11 bits per heavy atom. The summed E-state index contributed by atoms with van der Waals surface area (Å²) >= 11 is 0. The van der Waals surface area contributed by atoms with E-state index in [2.05, 4.69) is 5.32 Å². The van der Waals surface area contributed by atoms with Crippen LogP contribution in [0.2, 0.25) is 0 Å². The molecule has 0 amide bonds. The zero-order valence-corrected chi connectivity index (χ0v) is 10.8. The van der Waals surface area contributed by atoms with Gasteiger partial charge in [-0.25, -0.2) is 4.39 Å². The van der Waals surface area contributed by atoms with Crippen molar-refractivity contribution in [1.82, 2.24) is 5.32 Å². The Bertz CT molecular complexity index is 432. The highest BCUT2D eigenvalue weighted by atomic mass is 19.1. The first-order chi connectivity index (χ1) is 8.35. The summed E-state index contributed by atoms with van der Waals surface area (Å²) in [4.78, 5) is 10.9. The lowest BCUT2D eigenvalue weighted by Gasteiger charge is -2.19. The fourth-order valence-corrected chi connectivity index (χ4v) is 1.34. The zero-order chi connectivity index (χ0) is 13.8. The Labute approximate surface area is 106 Å². The van der Waals surface area contributed by atoms with Crippen molar-refractivity contribution in [2.45, 2.75) is 20.4 Å². The Balaban J connectivity index is 2.76. The number of ether oxygens (including phenoxy) is 1. The lowest BCUT2D eigenvalue weighted by molar-refractivity contribution is -0.148. The summed E-state index contributed by atoms with van der Waals surface area (Å²) in [5, 5.41) is 11.9. The number of rotatable bonds is 6. The smallest absolute Gasteiger partial charge is 0.312 e. The predicted octanol–water partition coefficient (Wildman–Crippen LogP) is 2.03. The highest BCUT2D eigenvalue weighted by Crippen LogP contribution is 2.21. The predicted molar refractivity (Wildman–Crippen MR) is 66.1 cm³/mol. The number of benzene rings is 1. The number of carboxylic acid groups (broad SMARTS) is 1. The van der Waals surface area contributed by atoms with Gasteiger partial charge in [-0.1, -0.05) is 0 Å². The van der Waals surface area contributed by atoms with E-state index in [0.29, 0.717) is 12.3 Å². The molecule has 1 aromatic carbocycles. The van der Waals surface area contributed by atoms with Crippen LogP contribution in [0, 0.1) is 11.2 Å². The Kier molecular flexibility index (Phi) is 4.67. The minimum atomic E-state index is -1.00. The monoisotopic (exact) mass is 255 g/mol. The molecule has 1 rings (SSSR count). The number of aliphatic carboxylic acids is 1. The standard InChI is InChI=1S/C13H18FNO3/c1-13(2,12(16)17)8-18-11-5-9(7-15-3)4-10(14)6-11/h4-6,15H,7-8H2,1-3H3,(H,16,17). The normalized spacial score (nSPS) is 11.3. The van der Waals surface area contributed by atoms with Crippen molar-refractivity contribution in [3.63, 3.8) is 0 Å². The van der Waals surface area contributed by atoms with Crippen LogP contribution in [0.4, 0.5) is 4.39 Å². The van der Waals surface area contributed by atoms with Crippen molar-refractivity contribution in [1.29, 1.82) is 0 Å². The molecule has 0 atom stereocenters. The maximum atomic E-state index is 13.3. The minimum Gasteiger partial charge on any atom is -0.492 e. The van der Waals surface area contributed by atoms with E-state index < -0.39 is 17.2 Å². The number of hydrogen-bond acceptors (Lipinski definition) is 3. The second-order valence-electron chi connectivity index (χ2n) is 4.80. The van der Waals surface area contributed by atoms with Crippen molar-refractivity contribution < 1.29 is 19.0 Å². The van der Waals surface area contributed by atoms with Crippen LogP contribution in [0.3, 0.4) is 0 Å². The van der Waals surface area contributed by atoms with E-state index in [4.69, 9.17) is 9.84 Å². The third kappa shape index (κ3) is 4.00. The van der Waals surface area contributed by atoms with Crippen LogP contribution in [0.1, 0.15) is 19.4 Å². The topological polar surface area (TPSA) is 58.6 Å². The summed E-state index contributed by atoms with van der Waals surface area (Å²) in [6.07, 6.45) is 0. The first kappa shape index (κ1) is 14.4. The minimum absolute atomic E-state index is 0.00915. The van der Waals surface area contributed by atoms with Crippen LogP contribution in [0.15, 0.2) is 18.2 Å². The summed E-state index contributed by atoms with van der Waals surface area (Å²) < 4.78 is 18.7. The van der Waals surface area contributed by atoms with Crippen LogP contribution in [-0.4, -0.2) is 24.7 Å². The molecule has 1 aromatic rings. The van der Waals surface area contributed by atoms with Gasteiger partial charge in [0, 0.05) is 12.6 Å². The van der Waals surface area contributed by atoms with Gasteiger partial charge in [0.2, 0.25) is 0 Å². The highest BCUT2D eigenvalue weighted by molar-refractivity contribution is 5.73. The molecule has 0 aliphatic rings. The van der Waals surface area contributed by atoms with E-state index >= 15 is 0 Å². The molecule has 18 heavy (non-hydrogen) atoms. The van der Waals surface area contributed by atoms with Gasteiger partial charge in [-0.15, -0.1) is 0 Å². The number of hydrogen-bond donors (Lipinski definition) is 2. The van der Waals surface area contributed by atoms with Crippen LogP contribution < -0.4 is 10.1 Å². The van der Waals surface area contributed by atoms with Gasteiger partial charge >= 0.3 is 5.97 Å². The fraction of sp³-hybridized carbons (Fsp3) is 0.462. The van der Waals surface area contributed by atoms with E-state index in [0.717, 1.165) is 5.56 Å². The van der Waals surface area contributed by atoms with Gasteiger partial charge in [-0.3, -0.25) is 4.79 Å². The first-order valence-electron chi connectivity index (χ1n) is 5.65. The summed E-state index contributed by atoms with van der Waals surface area (Å²) in [6.45, 7) is 3.63. The maximum Gasteiger partial charge on any atom is 0.312 e. The lowest BCUT2D eigenvalue weighted by Crippen LogP contribution is -2.30. The van der Waals surface area contributed by atoms with Gasteiger partial charge in [0.05, 0.1) is 5.41 Å². The average molecular weight is 255 g/mol. The van der Waals surface area contributed by atoms with Gasteiger partial charge < -0.3 is 15.2 Å². The molecular formula is C13H18FNO3. The SMILES string of the molecule is CNCc1cc(F)cc(OCC(C)(C)C(=O)O)c1. The number of carboxylic acids is 1. The third-order valence-corrected chi connectivity index (χ3v) is 2.49. The molecule has 0 saturated carbocycles. The molecular weight excluding hydrogens is 237 g/mol. The van der Waals surface area contributed by atoms with E-state index in [1.54, 1.807) is 27.0 Å². The fourth-order valence-electron chi connectivity index (χ4n) is 1.34. The molecule has 0 aliphatic carbocycles. The van der Waals surface area contributed by atoms with Crippen LogP contribution in [0.5, 0.6) is 5.75 Å². The molecule has 0 heterocycles. The van der Waals surface area contributed by atoms with Crippen LogP contribution >= 0.6 is 0 Å². The third-order valence-electron chi connectivity index (χ3n) is 2.49. The van der Waals surface area contributed by atoms with Crippen LogP contribution in [-0.2, 0) is 11.3 Å². The molecule has 100 valence electrons. The summed E-state index contributed by atoms with van der Waals surface area (Å²) in [5.74, 6) is -1.00. The van der Waals surface area contributed by atoms with E-state index in [-0.39, 0.29) is 6.61 Å². The largest absolute Gasteiger partial charge is 0.492 e. The first-order valence-corrected chi connectivity index (χ1v) is 5.65. The van der Waals surface area contributed by atoms with Crippen molar-refractivity contribution in [3.8, 4) is 5.75 Å². The second kappa shape index (κ2) is 5.82. The molecule has 0 aromatic heterocycles. The Hall–Kier alpha value is -1.62. The van der Waals surface area contributed by atoms with Gasteiger partial charge in [0.15, 0.2) is 0 Å². The summed E-state index contributed by atoms with van der Waals surface area (Å²) in [7, 11) is 1.76. The van der Waals surface area contributed by atoms with Gasteiger partial charge in [0.25, 0.3) is 0 Å². The maximum absolute atomic E-state index is 13.3.